The number of aromatic carboxylic acids is 1. The Kier molecular flexibility index (Phi) is 5.03. The van der Waals surface area contributed by atoms with Crippen LogP contribution in [0.5, 0.6) is 5.75 Å². The first kappa shape index (κ1) is 17.0. The van der Waals surface area contributed by atoms with Crippen LogP contribution in [0.2, 0.25) is 0 Å². The van der Waals surface area contributed by atoms with Gasteiger partial charge in [-0.1, -0.05) is 18.2 Å². The maximum absolute atomic E-state index is 12.3. The second-order valence-electron chi connectivity index (χ2n) is 6.26. The van der Waals surface area contributed by atoms with Crippen LogP contribution in [0.1, 0.15) is 39.9 Å². The smallest absolute Gasteiger partial charge is 0.339 e. The molecule has 0 atom stereocenters. The normalized spacial score (nSPS) is 13.0. The molecule has 2 N–H and O–H groups in total. The van der Waals surface area contributed by atoms with Crippen LogP contribution in [-0.4, -0.2) is 24.1 Å². The number of benzene rings is 2. The predicted octanol–water partition coefficient (Wildman–Crippen LogP) is 3.45. The van der Waals surface area contributed by atoms with Gasteiger partial charge in [-0.15, -0.1) is 0 Å². The number of hydrogen-bond acceptors (Lipinski definition) is 3. The number of carbonyl (C=O) groups excluding carboxylic acids is 1. The van der Waals surface area contributed by atoms with E-state index in [-0.39, 0.29) is 23.6 Å². The van der Waals surface area contributed by atoms with Crippen LogP contribution in [0.15, 0.2) is 36.4 Å². The van der Waals surface area contributed by atoms with E-state index >= 15 is 0 Å². The number of carboxylic acid groups (broad SMARTS) is 1. The number of fused-ring (bicyclic) bond motifs is 1. The average Bonchev–Trinajstić information content (AvgIpc) is 2.61. The molecule has 0 bridgehead atoms. The van der Waals surface area contributed by atoms with Gasteiger partial charge in [0.15, 0.2) is 0 Å². The predicted molar refractivity (Wildman–Crippen MR) is 95.4 cm³/mol. The van der Waals surface area contributed by atoms with E-state index < -0.39 is 5.97 Å². The van der Waals surface area contributed by atoms with Gasteiger partial charge in [-0.25, -0.2) is 4.79 Å². The summed E-state index contributed by atoms with van der Waals surface area (Å²) in [6, 6.07) is 10.8. The number of hydrogen-bond donors (Lipinski definition) is 2. The number of anilines is 1. The van der Waals surface area contributed by atoms with E-state index in [9.17, 15) is 9.59 Å². The Hall–Kier alpha value is -2.82. The summed E-state index contributed by atoms with van der Waals surface area (Å²) in [7, 11) is 1.40. The molecule has 2 aromatic carbocycles. The molecular formula is C20H21NO4. The lowest BCUT2D eigenvalue weighted by molar-refractivity contribution is -0.115. The van der Waals surface area contributed by atoms with Crippen molar-refractivity contribution in [3.8, 4) is 5.75 Å². The minimum Gasteiger partial charge on any atom is -0.496 e. The summed E-state index contributed by atoms with van der Waals surface area (Å²) >= 11 is 0. The fraction of sp³-hybridized carbons (Fsp3) is 0.300. The summed E-state index contributed by atoms with van der Waals surface area (Å²) < 4.78 is 5.08. The van der Waals surface area contributed by atoms with Crippen molar-refractivity contribution in [2.24, 2.45) is 0 Å². The maximum atomic E-state index is 12.3. The lowest BCUT2D eigenvalue weighted by Crippen LogP contribution is -2.15. The minimum absolute atomic E-state index is 0.0650. The highest BCUT2D eigenvalue weighted by Gasteiger charge is 2.14. The molecule has 3 rings (SSSR count). The van der Waals surface area contributed by atoms with Crippen molar-refractivity contribution in [3.05, 3.63) is 58.7 Å². The molecule has 0 radical (unpaired) electrons. The summed E-state index contributed by atoms with van der Waals surface area (Å²) in [6.45, 7) is 0. The lowest BCUT2D eigenvalue weighted by atomic mass is 9.90. The van der Waals surface area contributed by atoms with Crippen LogP contribution < -0.4 is 10.1 Å². The number of carbonyl (C=O) groups is 2. The second-order valence-corrected chi connectivity index (χ2v) is 6.26. The lowest BCUT2D eigenvalue weighted by Gasteiger charge is -2.16. The van der Waals surface area contributed by atoms with Crippen LogP contribution in [0, 0.1) is 0 Å². The van der Waals surface area contributed by atoms with E-state index in [1.165, 1.54) is 43.2 Å². The van der Waals surface area contributed by atoms with Crippen molar-refractivity contribution in [2.75, 3.05) is 12.4 Å². The Morgan fingerprint density at radius 1 is 1.08 bits per heavy atom. The first-order chi connectivity index (χ1) is 12.1. The fourth-order valence-electron chi connectivity index (χ4n) is 3.23. The highest BCUT2D eigenvalue weighted by molar-refractivity contribution is 5.95. The van der Waals surface area contributed by atoms with E-state index in [4.69, 9.17) is 9.84 Å². The number of methoxy groups -OCH3 is 1. The number of carboxylic acids is 1. The van der Waals surface area contributed by atoms with Crippen molar-refractivity contribution < 1.29 is 19.4 Å². The van der Waals surface area contributed by atoms with Crippen molar-refractivity contribution in [3.63, 3.8) is 0 Å². The molecule has 0 saturated heterocycles. The molecule has 0 unspecified atom stereocenters. The van der Waals surface area contributed by atoms with Gasteiger partial charge in [0.05, 0.1) is 13.5 Å². The standard InChI is InChI=1S/C20H21NO4/c1-25-18-12-16(8-9-17(18)20(23)24)21-19(22)11-13-6-7-14-4-2-3-5-15(14)10-13/h6-10,12H,2-5,11H2,1H3,(H,21,22)(H,23,24). The summed E-state index contributed by atoms with van der Waals surface area (Å²) in [4.78, 5) is 23.4. The number of ether oxygens (including phenoxy) is 1. The molecule has 0 aliphatic heterocycles. The van der Waals surface area contributed by atoms with Gasteiger partial charge >= 0.3 is 5.97 Å². The van der Waals surface area contributed by atoms with E-state index in [0.29, 0.717) is 5.69 Å². The molecule has 0 saturated carbocycles. The van der Waals surface area contributed by atoms with E-state index in [2.05, 4.69) is 17.4 Å². The number of amides is 1. The van der Waals surface area contributed by atoms with Crippen LogP contribution in [-0.2, 0) is 24.1 Å². The molecule has 0 spiro atoms. The van der Waals surface area contributed by atoms with Crippen molar-refractivity contribution in [2.45, 2.75) is 32.1 Å². The first-order valence-electron chi connectivity index (χ1n) is 8.38. The molecule has 5 nitrogen and oxygen atoms in total. The Morgan fingerprint density at radius 3 is 2.56 bits per heavy atom. The quantitative estimate of drug-likeness (QED) is 0.875. The second kappa shape index (κ2) is 7.38. The van der Waals surface area contributed by atoms with Gasteiger partial charge in [0.1, 0.15) is 11.3 Å². The van der Waals surface area contributed by atoms with Gasteiger partial charge in [-0.2, -0.15) is 0 Å². The molecule has 2 aromatic rings. The van der Waals surface area contributed by atoms with Crippen LogP contribution in [0.3, 0.4) is 0 Å². The van der Waals surface area contributed by atoms with Crippen LogP contribution in [0.4, 0.5) is 5.69 Å². The van der Waals surface area contributed by atoms with Crippen molar-refractivity contribution >= 4 is 17.6 Å². The number of rotatable bonds is 5. The van der Waals surface area contributed by atoms with Gasteiger partial charge in [0.2, 0.25) is 5.91 Å². The molecule has 5 heteroatoms. The minimum atomic E-state index is -1.07. The van der Waals surface area contributed by atoms with Crippen molar-refractivity contribution in [1.29, 1.82) is 0 Å². The first-order valence-corrected chi connectivity index (χ1v) is 8.38. The van der Waals surface area contributed by atoms with Gasteiger partial charge in [-0.3, -0.25) is 4.79 Å². The van der Waals surface area contributed by atoms with Gasteiger partial charge in [0.25, 0.3) is 0 Å². The third-order valence-electron chi connectivity index (χ3n) is 4.49. The summed E-state index contributed by atoms with van der Waals surface area (Å²) in [5, 5.41) is 11.9. The van der Waals surface area contributed by atoms with Gasteiger partial charge < -0.3 is 15.2 Å². The Labute approximate surface area is 146 Å². The molecule has 1 aliphatic carbocycles. The Balaban J connectivity index is 1.69. The van der Waals surface area contributed by atoms with Crippen LogP contribution in [0.25, 0.3) is 0 Å². The molecule has 0 heterocycles. The largest absolute Gasteiger partial charge is 0.496 e. The molecule has 0 fully saturated rings. The summed E-state index contributed by atoms with van der Waals surface area (Å²) in [6.07, 6.45) is 4.94. The monoisotopic (exact) mass is 339 g/mol. The van der Waals surface area contributed by atoms with E-state index in [1.807, 2.05) is 6.07 Å². The van der Waals surface area contributed by atoms with Crippen LogP contribution >= 0.6 is 0 Å². The number of aryl methyl sites for hydroxylation is 2. The number of nitrogens with one attached hydrogen (secondary N) is 1. The fourth-order valence-corrected chi connectivity index (χ4v) is 3.23. The molecule has 0 aromatic heterocycles. The highest BCUT2D eigenvalue weighted by Crippen LogP contribution is 2.24. The molecular weight excluding hydrogens is 318 g/mol. The molecule has 130 valence electrons. The van der Waals surface area contributed by atoms with E-state index in [0.717, 1.165) is 18.4 Å². The van der Waals surface area contributed by atoms with E-state index in [1.54, 1.807) is 6.07 Å². The SMILES string of the molecule is COc1cc(NC(=O)Cc2ccc3c(c2)CCCC3)ccc1C(=O)O. The third-order valence-corrected chi connectivity index (χ3v) is 4.49. The zero-order valence-electron chi connectivity index (χ0n) is 14.2. The summed E-state index contributed by atoms with van der Waals surface area (Å²) in [5.41, 5.74) is 4.32. The maximum Gasteiger partial charge on any atom is 0.339 e. The highest BCUT2D eigenvalue weighted by atomic mass is 16.5. The molecule has 25 heavy (non-hydrogen) atoms. The Bertz CT molecular complexity index is 813. The third kappa shape index (κ3) is 3.99. The average molecular weight is 339 g/mol. The summed E-state index contributed by atoms with van der Waals surface area (Å²) in [5.74, 6) is -0.983. The van der Waals surface area contributed by atoms with Crippen molar-refractivity contribution in [1.82, 2.24) is 0 Å². The zero-order chi connectivity index (χ0) is 17.8. The zero-order valence-corrected chi connectivity index (χ0v) is 14.2. The van der Waals surface area contributed by atoms with Gasteiger partial charge in [-0.05, 0) is 54.5 Å². The topological polar surface area (TPSA) is 75.6 Å². The molecule has 1 amide bonds. The van der Waals surface area contributed by atoms with Gasteiger partial charge in [0, 0.05) is 11.8 Å². The molecule has 1 aliphatic rings. The Morgan fingerprint density at radius 2 is 1.84 bits per heavy atom.